The van der Waals surface area contributed by atoms with Crippen molar-refractivity contribution in [1.29, 1.82) is 0 Å². The molecule has 0 saturated heterocycles. The van der Waals surface area contributed by atoms with E-state index in [0.29, 0.717) is 26.2 Å². The van der Waals surface area contributed by atoms with Crippen LogP contribution in [0.4, 0.5) is 22.0 Å². The SMILES string of the molecule is CCO[Si](CCCCCCCCCCCOc1c(F)c(F)c(F)c(F)c1F)(OCC)OCC. The van der Waals surface area contributed by atoms with E-state index in [1.165, 1.54) is 0 Å². The van der Waals surface area contributed by atoms with Crippen LogP contribution in [0, 0.1) is 29.1 Å². The second-order valence-electron chi connectivity index (χ2n) is 7.66. The van der Waals surface area contributed by atoms with Gasteiger partial charge in [0, 0.05) is 25.9 Å². The zero-order valence-corrected chi connectivity index (χ0v) is 20.9. The summed E-state index contributed by atoms with van der Waals surface area (Å²) < 4.78 is 88.7. The van der Waals surface area contributed by atoms with Gasteiger partial charge in [0.1, 0.15) is 0 Å². The lowest BCUT2D eigenvalue weighted by atomic mass is 10.1. The van der Waals surface area contributed by atoms with Crippen molar-refractivity contribution < 1.29 is 40.0 Å². The molecule has 1 aromatic rings. The topological polar surface area (TPSA) is 36.9 Å². The van der Waals surface area contributed by atoms with Gasteiger partial charge in [-0.1, -0.05) is 44.9 Å². The minimum Gasteiger partial charge on any atom is -0.487 e. The minimum absolute atomic E-state index is 0.108. The Bertz CT molecular complexity index is 647. The van der Waals surface area contributed by atoms with Crippen LogP contribution in [-0.2, 0) is 13.3 Å². The van der Waals surface area contributed by atoms with Gasteiger partial charge in [-0.25, -0.2) is 13.2 Å². The Hall–Kier alpha value is -1.23. The van der Waals surface area contributed by atoms with E-state index in [4.69, 9.17) is 18.0 Å². The normalized spacial score (nSPS) is 11.9. The Balaban J connectivity index is 2.14. The number of hydrogen-bond donors (Lipinski definition) is 0. The molecule has 0 radical (unpaired) electrons. The van der Waals surface area contributed by atoms with Crippen molar-refractivity contribution in [2.24, 2.45) is 0 Å². The summed E-state index contributed by atoms with van der Waals surface area (Å²) in [6.45, 7) is 7.49. The van der Waals surface area contributed by atoms with Gasteiger partial charge in [-0.3, -0.25) is 0 Å². The van der Waals surface area contributed by atoms with Gasteiger partial charge in [-0.15, -0.1) is 0 Å². The van der Waals surface area contributed by atoms with E-state index < -0.39 is 43.6 Å². The van der Waals surface area contributed by atoms with Crippen molar-refractivity contribution in [3.8, 4) is 5.75 Å². The molecule has 0 heterocycles. The zero-order valence-electron chi connectivity index (χ0n) is 19.9. The van der Waals surface area contributed by atoms with Crippen LogP contribution < -0.4 is 4.74 Å². The van der Waals surface area contributed by atoms with E-state index in [1.54, 1.807) is 0 Å². The molecule has 0 fully saturated rings. The molecule has 0 spiro atoms. The van der Waals surface area contributed by atoms with Gasteiger partial charge < -0.3 is 18.0 Å². The lowest BCUT2D eigenvalue weighted by Gasteiger charge is -2.28. The van der Waals surface area contributed by atoms with E-state index in [1.807, 2.05) is 20.8 Å². The zero-order chi connectivity index (χ0) is 24.7. The summed E-state index contributed by atoms with van der Waals surface area (Å²) in [6, 6.07) is 0.825. The highest BCUT2D eigenvalue weighted by Gasteiger charge is 2.39. The van der Waals surface area contributed by atoms with Crippen molar-refractivity contribution >= 4 is 8.80 Å². The van der Waals surface area contributed by atoms with Crippen molar-refractivity contribution in [3.05, 3.63) is 29.1 Å². The summed E-state index contributed by atoms with van der Waals surface area (Å²) in [6.07, 6.45) is 8.51. The van der Waals surface area contributed by atoms with E-state index in [-0.39, 0.29) is 6.61 Å². The molecule has 10 heteroatoms. The Kier molecular flexibility index (Phi) is 14.8. The average Bonchev–Trinajstić information content (AvgIpc) is 2.79. The molecular weight excluding hydrogens is 463 g/mol. The largest absolute Gasteiger partial charge is 0.500 e. The molecule has 0 atom stereocenters. The molecule has 1 rings (SSSR count). The molecule has 0 amide bonds. The lowest BCUT2D eigenvalue weighted by molar-refractivity contribution is 0.0706. The first-order chi connectivity index (χ1) is 15.8. The van der Waals surface area contributed by atoms with Crippen LogP contribution in [-0.4, -0.2) is 35.2 Å². The van der Waals surface area contributed by atoms with Crippen LogP contribution in [0.3, 0.4) is 0 Å². The third kappa shape index (κ3) is 9.88. The molecule has 0 aromatic heterocycles. The lowest BCUT2D eigenvalue weighted by Crippen LogP contribution is -2.45. The van der Waals surface area contributed by atoms with Crippen LogP contribution >= 0.6 is 0 Å². The second-order valence-corrected chi connectivity index (χ2v) is 10.4. The fourth-order valence-electron chi connectivity index (χ4n) is 3.57. The summed E-state index contributed by atoms with van der Waals surface area (Å²) in [5, 5.41) is 0. The predicted molar refractivity (Wildman–Crippen MR) is 119 cm³/mol. The monoisotopic (exact) mass is 500 g/mol. The average molecular weight is 501 g/mol. The quantitative estimate of drug-likeness (QED) is 0.0656. The van der Waals surface area contributed by atoms with Gasteiger partial charge >= 0.3 is 8.80 Å². The van der Waals surface area contributed by atoms with Crippen LogP contribution in [0.1, 0.15) is 78.6 Å². The molecule has 0 bridgehead atoms. The fraction of sp³-hybridized carbons (Fsp3) is 0.739. The maximum Gasteiger partial charge on any atom is 0.500 e. The van der Waals surface area contributed by atoms with Gasteiger partial charge in [0.25, 0.3) is 0 Å². The van der Waals surface area contributed by atoms with E-state index in [0.717, 1.165) is 57.4 Å². The standard InChI is InChI=1S/C23H37F5O4Si/c1-4-30-33(31-5-2,32-6-3)17-15-13-11-9-7-8-10-12-14-16-29-23-21(27)19(25)18(24)20(26)22(23)28/h4-17H2,1-3H3. The predicted octanol–water partition coefficient (Wildman–Crippen LogP) is 7.32. The molecule has 0 N–H and O–H groups in total. The summed E-state index contributed by atoms with van der Waals surface area (Å²) in [5.74, 6) is -11.3. The van der Waals surface area contributed by atoms with E-state index in [9.17, 15) is 22.0 Å². The van der Waals surface area contributed by atoms with Gasteiger partial charge in [0.15, 0.2) is 5.75 Å². The van der Waals surface area contributed by atoms with Crippen molar-refractivity contribution in [3.63, 3.8) is 0 Å². The van der Waals surface area contributed by atoms with E-state index >= 15 is 0 Å². The second kappa shape index (κ2) is 16.4. The summed E-state index contributed by atoms with van der Waals surface area (Å²) >= 11 is 0. The molecule has 0 aliphatic rings. The summed E-state index contributed by atoms with van der Waals surface area (Å²) in [5.41, 5.74) is 0. The summed E-state index contributed by atoms with van der Waals surface area (Å²) in [4.78, 5) is 0. The Morgan fingerprint density at radius 3 is 1.30 bits per heavy atom. The van der Waals surface area contributed by atoms with Gasteiger partial charge in [-0.05, 0) is 33.6 Å². The minimum atomic E-state index is -2.55. The van der Waals surface area contributed by atoms with Gasteiger partial charge in [-0.2, -0.15) is 8.78 Å². The maximum absolute atomic E-state index is 13.5. The number of unbranched alkanes of at least 4 members (excludes halogenated alkanes) is 8. The van der Waals surface area contributed by atoms with Crippen LogP contribution in [0.25, 0.3) is 0 Å². The van der Waals surface area contributed by atoms with Crippen molar-refractivity contribution in [2.45, 2.75) is 84.6 Å². The van der Waals surface area contributed by atoms with Crippen LogP contribution in [0.15, 0.2) is 0 Å². The molecule has 4 nitrogen and oxygen atoms in total. The highest BCUT2D eigenvalue weighted by Crippen LogP contribution is 2.29. The highest BCUT2D eigenvalue weighted by molar-refractivity contribution is 6.60. The molecule has 0 unspecified atom stereocenters. The number of ether oxygens (including phenoxy) is 1. The molecule has 0 saturated carbocycles. The molecule has 192 valence electrons. The Labute approximate surface area is 195 Å². The number of halogens is 5. The molecule has 0 aliphatic carbocycles. The van der Waals surface area contributed by atoms with Gasteiger partial charge in [0.05, 0.1) is 6.61 Å². The third-order valence-corrected chi connectivity index (χ3v) is 8.29. The molecule has 0 aliphatic heterocycles. The van der Waals surface area contributed by atoms with Crippen LogP contribution in [0.5, 0.6) is 5.75 Å². The summed E-state index contributed by atoms with van der Waals surface area (Å²) in [7, 11) is -2.55. The maximum atomic E-state index is 13.5. The first-order valence-electron chi connectivity index (χ1n) is 11.9. The molecule has 33 heavy (non-hydrogen) atoms. The third-order valence-electron chi connectivity index (χ3n) is 5.14. The smallest absolute Gasteiger partial charge is 0.487 e. The first-order valence-corrected chi connectivity index (χ1v) is 13.8. The number of rotatable bonds is 19. The Morgan fingerprint density at radius 2 is 0.879 bits per heavy atom. The first kappa shape index (κ1) is 29.8. The van der Waals surface area contributed by atoms with Gasteiger partial charge in [0.2, 0.25) is 29.1 Å². The molecule has 1 aromatic carbocycles. The van der Waals surface area contributed by atoms with E-state index in [2.05, 4.69) is 0 Å². The highest BCUT2D eigenvalue weighted by atomic mass is 28.4. The van der Waals surface area contributed by atoms with Crippen LogP contribution in [0.2, 0.25) is 6.04 Å². The fourth-order valence-corrected chi connectivity index (χ4v) is 6.25. The number of benzene rings is 1. The Morgan fingerprint density at radius 1 is 0.515 bits per heavy atom. The number of hydrogen-bond acceptors (Lipinski definition) is 4. The van der Waals surface area contributed by atoms with Crippen molar-refractivity contribution in [2.75, 3.05) is 26.4 Å². The molecular formula is C23H37F5O4Si. The van der Waals surface area contributed by atoms with Crippen molar-refractivity contribution in [1.82, 2.24) is 0 Å².